The van der Waals surface area contributed by atoms with Crippen LogP contribution >= 0.6 is 11.8 Å². The molecule has 0 spiro atoms. The Morgan fingerprint density at radius 1 is 1.04 bits per heavy atom. The quantitative estimate of drug-likeness (QED) is 0.722. The van der Waals surface area contributed by atoms with Crippen LogP contribution in [-0.4, -0.2) is 18.0 Å². The molecule has 1 amide bonds. The van der Waals surface area contributed by atoms with Crippen molar-refractivity contribution in [3.8, 4) is 5.75 Å². The van der Waals surface area contributed by atoms with Crippen molar-refractivity contribution in [3.05, 3.63) is 60.2 Å². The van der Waals surface area contributed by atoms with E-state index in [0.29, 0.717) is 17.9 Å². The molecule has 2 aromatic rings. The molecule has 0 atom stereocenters. The maximum absolute atomic E-state index is 12.1. The third kappa shape index (κ3) is 6.95. The maximum Gasteiger partial charge on any atom is 0.573 e. The van der Waals surface area contributed by atoms with Crippen molar-refractivity contribution in [2.75, 3.05) is 11.1 Å². The first-order valence-corrected chi connectivity index (χ1v) is 8.35. The molecular weight excluding hydrogens is 339 g/mol. The topological polar surface area (TPSA) is 38.3 Å². The van der Waals surface area contributed by atoms with Crippen LogP contribution in [0.4, 0.5) is 18.9 Å². The van der Waals surface area contributed by atoms with Crippen LogP contribution in [0.3, 0.4) is 0 Å². The van der Waals surface area contributed by atoms with E-state index >= 15 is 0 Å². The minimum Gasteiger partial charge on any atom is -0.406 e. The molecule has 1 N–H and O–H groups in total. The molecule has 0 heterocycles. The molecule has 0 saturated heterocycles. The van der Waals surface area contributed by atoms with Crippen molar-refractivity contribution in [1.82, 2.24) is 0 Å². The molecule has 0 aromatic heterocycles. The number of carbonyl (C=O) groups excluding carboxylic acids is 1. The van der Waals surface area contributed by atoms with Gasteiger partial charge in [-0.1, -0.05) is 30.3 Å². The molecule has 0 saturated carbocycles. The number of alkyl halides is 3. The second-order valence-corrected chi connectivity index (χ2v) is 6.01. The van der Waals surface area contributed by atoms with Gasteiger partial charge in [0.2, 0.25) is 5.91 Å². The highest BCUT2D eigenvalue weighted by Crippen LogP contribution is 2.24. The first-order valence-electron chi connectivity index (χ1n) is 7.20. The summed E-state index contributed by atoms with van der Waals surface area (Å²) in [7, 11) is 0. The smallest absolute Gasteiger partial charge is 0.406 e. The van der Waals surface area contributed by atoms with E-state index in [2.05, 4.69) is 10.1 Å². The number of benzene rings is 2. The molecule has 0 aliphatic rings. The Labute approximate surface area is 142 Å². The van der Waals surface area contributed by atoms with Crippen molar-refractivity contribution >= 4 is 23.4 Å². The number of amides is 1. The molecule has 0 radical (unpaired) electrons. The molecular formula is C17H16F3NO2S. The van der Waals surface area contributed by atoms with Crippen molar-refractivity contribution in [1.29, 1.82) is 0 Å². The summed E-state index contributed by atoms with van der Waals surface area (Å²) in [5.41, 5.74) is 1.63. The van der Waals surface area contributed by atoms with Gasteiger partial charge >= 0.3 is 6.36 Å². The van der Waals surface area contributed by atoms with Gasteiger partial charge in [0.1, 0.15) is 5.75 Å². The Morgan fingerprint density at radius 3 is 2.33 bits per heavy atom. The summed E-state index contributed by atoms with van der Waals surface area (Å²) in [4.78, 5) is 11.8. The summed E-state index contributed by atoms with van der Waals surface area (Å²) in [5.74, 6) is 0.936. The van der Waals surface area contributed by atoms with E-state index in [1.165, 1.54) is 12.1 Å². The van der Waals surface area contributed by atoms with E-state index in [4.69, 9.17) is 0 Å². The third-order valence-electron chi connectivity index (χ3n) is 2.96. The number of anilines is 1. The summed E-state index contributed by atoms with van der Waals surface area (Å²) in [6.45, 7) is 0. The first-order chi connectivity index (χ1) is 11.4. The summed E-state index contributed by atoms with van der Waals surface area (Å²) < 4.78 is 40.0. The van der Waals surface area contributed by atoms with Crippen LogP contribution in [0.15, 0.2) is 54.6 Å². The average Bonchev–Trinajstić information content (AvgIpc) is 2.53. The van der Waals surface area contributed by atoms with Crippen molar-refractivity contribution < 1.29 is 22.7 Å². The van der Waals surface area contributed by atoms with E-state index in [1.54, 1.807) is 23.9 Å². The molecule has 2 rings (SSSR count). The number of para-hydroxylation sites is 1. The molecule has 2 aromatic carbocycles. The molecule has 0 unspecified atom stereocenters. The van der Waals surface area contributed by atoms with Crippen molar-refractivity contribution in [2.45, 2.75) is 18.5 Å². The van der Waals surface area contributed by atoms with Gasteiger partial charge in [-0.05, 0) is 29.8 Å². The first kappa shape index (κ1) is 18.2. The molecule has 24 heavy (non-hydrogen) atoms. The highest BCUT2D eigenvalue weighted by atomic mass is 32.2. The van der Waals surface area contributed by atoms with Crippen LogP contribution in [0, 0.1) is 0 Å². The number of thioether (sulfide) groups is 1. The van der Waals surface area contributed by atoms with Crippen LogP contribution in [0.1, 0.15) is 12.0 Å². The van der Waals surface area contributed by atoms with E-state index in [-0.39, 0.29) is 11.7 Å². The molecule has 0 aliphatic carbocycles. The zero-order valence-corrected chi connectivity index (χ0v) is 13.5. The molecule has 128 valence electrons. The zero-order chi connectivity index (χ0) is 17.4. The summed E-state index contributed by atoms with van der Waals surface area (Å²) in [6.07, 6.45) is -4.31. The van der Waals surface area contributed by atoms with Gasteiger partial charge in [-0.15, -0.1) is 13.2 Å². The summed E-state index contributed by atoms with van der Waals surface area (Å²) in [6, 6.07) is 14.9. The molecule has 0 fully saturated rings. The van der Waals surface area contributed by atoms with Crippen LogP contribution in [-0.2, 0) is 10.5 Å². The predicted octanol–water partition coefficient (Wildman–Crippen LogP) is 4.85. The second kappa shape index (κ2) is 8.63. The lowest BCUT2D eigenvalue weighted by Crippen LogP contribution is -2.17. The van der Waals surface area contributed by atoms with Gasteiger partial charge in [0.25, 0.3) is 0 Å². The zero-order valence-electron chi connectivity index (χ0n) is 12.7. The predicted molar refractivity (Wildman–Crippen MR) is 89.0 cm³/mol. The number of rotatable bonds is 7. The maximum atomic E-state index is 12.1. The monoisotopic (exact) mass is 355 g/mol. The lowest BCUT2D eigenvalue weighted by Gasteiger charge is -2.09. The number of hydrogen-bond donors (Lipinski definition) is 1. The highest BCUT2D eigenvalue weighted by molar-refractivity contribution is 7.98. The minimum absolute atomic E-state index is 0.0670. The molecule has 0 bridgehead atoms. The summed E-state index contributed by atoms with van der Waals surface area (Å²) in [5, 5.41) is 2.79. The average molecular weight is 355 g/mol. The fourth-order valence-electron chi connectivity index (χ4n) is 1.89. The van der Waals surface area contributed by atoms with Gasteiger partial charge in [-0.3, -0.25) is 4.79 Å². The largest absolute Gasteiger partial charge is 0.573 e. The highest BCUT2D eigenvalue weighted by Gasteiger charge is 2.30. The Kier molecular flexibility index (Phi) is 6.54. The number of halogens is 3. The van der Waals surface area contributed by atoms with Crippen LogP contribution in [0.2, 0.25) is 0 Å². The van der Waals surface area contributed by atoms with Crippen LogP contribution < -0.4 is 10.1 Å². The molecule has 0 aliphatic heterocycles. The van der Waals surface area contributed by atoms with E-state index < -0.39 is 6.36 Å². The normalized spacial score (nSPS) is 11.1. The van der Waals surface area contributed by atoms with Crippen LogP contribution in [0.5, 0.6) is 5.75 Å². The van der Waals surface area contributed by atoms with E-state index in [9.17, 15) is 18.0 Å². The Balaban J connectivity index is 1.68. The van der Waals surface area contributed by atoms with Gasteiger partial charge < -0.3 is 10.1 Å². The van der Waals surface area contributed by atoms with E-state index in [1.807, 2.05) is 30.3 Å². The van der Waals surface area contributed by atoms with Crippen molar-refractivity contribution in [2.24, 2.45) is 0 Å². The van der Waals surface area contributed by atoms with Gasteiger partial charge in [-0.25, -0.2) is 0 Å². The minimum atomic E-state index is -4.68. The van der Waals surface area contributed by atoms with Crippen molar-refractivity contribution in [3.63, 3.8) is 0 Å². The lowest BCUT2D eigenvalue weighted by molar-refractivity contribution is -0.274. The summed E-state index contributed by atoms with van der Waals surface area (Å²) >= 11 is 1.54. The fourth-order valence-corrected chi connectivity index (χ4v) is 2.79. The van der Waals surface area contributed by atoms with Gasteiger partial charge in [-0.2, -0.15) is 11.8 Å². The van der Waals surface area contributed by atoms with Gasteiger partial charge in [0, 0.05) is 23.6 Å². The molecule has 3 nitrogen and oxygen atoms in total. The van der Waals surface area contributed by atoms with E-state index in [0.717, 1.165) is 11.3 Å². The Hall–Kier alpha value is -2.15. The third-order valence-corrected chi connectivity index (χ3v) is 3.99. The molecule has 7 heteroatoms. The van der Waals surface area contributed by atoms with Crippen LogP contribution in [0.25, 0.3) is 0 Å². The Morgan fingerprint density at radius 2 is 1.71 bits per heavy atom. The second-order valence-electron chi connectivity index (χ2n) is 4.91. The number of hydrogen-bond acceptors (Lipinski definition) is 3. The SMILES string of the molecule is O=C(CCSCc1ccc(OC(F)(F)F)cc1)Nc1ccccc1. The van der Waals surface area contributed by atoms with Gasteiger partial charge in [0.05, 0.1) is 0 Å². The number of ether oxygens (including phenoxy) is 1. The Bertz CT molecular complexity index is 645. The fraction of sp³-hybridized carbons (Fsp3) is 0.235. The lowest BCUT2D eigenvalue weighted by atomic mass is 10.2. The van der Waals surface area contributed by atoms with Gasteiger partial charge in [0.15, 0.2) is 0 Å². The number of nitrogens with one attached hydrogen (secondary N) is 1. The standard InChI is InChI=1S/C17H16F3NO2S/c18-17(19,20)23-15-8-6-13(7-9-15)12-24-11-10-16(22)21-14-4-2-1-3-5-14/h1-9H,10-12H2,(H,21,22). The number of carbonyl (C=O) groups is 1.